The smallest absolute Gasteiger partial charge is 0.264 e. The van der Waals surface area contributed by atoms with Crippen LogP contribution in [0, 0.1) is 6.92 Å². The Balaban J connectivity index is 2.02. The van der Waals surface area contributed by atoms with E-state index >= 15 is 0 Å². The third kappa shape index (κ3) is 7.36. The highest BCUT2D eigenvalue weighted by atomic mass is 79.9. The number of anilines is 1. The summed E-state index contributed by atoms with van der Waals surface area (Å²) in [6.45, 7) is 5.49. The van der Waals surface area contributed by atoms with Gasteiger partial charge in [0, 0.05) is 22.6 Å². The lowest BCUT2D eigenvalue weighted by molar-refractivity contribution is -0.139. The molecule has 1 atom stereocenters. The molecule has 0 spiro atoms. The molecule has 7 nitrogen and oxygen atoms in total. The molecule has 0 aromatic heterocycles. The molecular formula is C28H31BrClN3O4S. The van der Waals surface area contributed by atoms with Gasteiger partial charge < -0.3 is 10.2 Å². The number of benzene rings is 3. The minimum absolute atomic E-state index is 0.00569. The fourth-order valence-electron chi connectivity index (χ4n) is 3.86. The standard InChI is InChI=1S/C28H31BrClN3O4S/c1-4-17-31-28(35)21(3)32(18-22-9-11-23(29)12-10-22)27(34)19-33(26-8-6-5-7-20(26)2)38(36,37)25-15-13-24(30)14-16-25/h5-16,21H,4,17-19H2,1-3H3,(H,31,35)/t21-/m0/s1. The van der Waals surface area contributed by atoms with Crippen LogP contribution in [0.15, 0.2) is 82.2 Å². The summed E-state index contributed by atoms with van der Waals surface area (Å²) in [6, 6.07) is 19.3. The summed E-state index contributed by atoms with van der Waals surface area (Å²) in [7, 11) is -4.14. The number of nitrogens with one attached hydrogen (secondary N) is 1. The number of amides is 2. The highest BCUT2D eigenvalue weighted by Crippen LogP contribution is 2.28. The van der Waals surface area contributed by atoms with Crippen LogP contribution in [0.2, 0.25) is 5.02 Å². The summed E-state index contributed by atoms with van der Waals surface area (Å²) < 4.78 is 29.6. The minimum Gasteiger partial charge on any atom is -0.354 e. The average Bonchev–Trinajstić information content (AvgIpc) is 2.90. The molecule has 0 aliphatic rings. The first kappa shape index (κ1) is 29.7. The van der Waals surface area contributed by atoms with E-state index in [2.05, 4.69) is 21.2 Å². The Hall–Kier alpha value is -2.88. The molecule has 3 rings (SSSR count). The number of nitrogens with zero attached hydrogens (tertiary/aromatic N) is 2. The van der Waals surface area contributed by atoms with Crippen molar-refractivity contribution in [2.45, 2.75) is 44.7 Å². The summed E-state index contributed by atoms with van der Waals surface area (Å²) >= 11 is 9.40. The van der Waals surface area contributed by atoms with E-state index in [0.717, 1.165) is 20.8 Å². The molecule has 0 bridgehead atoms. The largest absolute Gasteiger partial charge is 0.354 e. The van der Waals surface area contributed by atoms with Crippen molar-refractivity contribution in [3.63, 3.8) is 0 Å². The second kappa shape index (κ2) is 13.3. The second-order valence-corrected chi connectivity index (χ2v) is 12.1. The van der Waals surface area contributed by atoms with E-state index < -0.39 is 28.5 Å². The van der Waals surface area contributed by atoms with Crippen molar-refractivity contribution in [3.05, 3.63) is 93.4 Å². The highest BCUT2D eigenvalue weighted by molar-refractivity contribution is 9.10. The zero-order chi connectivity index (χ0) is 27.9. The van der Waals surface area contributed by atoms with Crippen molar-refractivity contribution < 1.29 is 18.0 Å². The number of sulfonamides is 1. The summed E-state index contributed by atoms with van der Waals surface area (Å²) in [6.07, 6.45) is 0.750. The number of aryl methyl sites for hydroxylation is 1. The van der Waals surface area contributed by atoms with Crippen LogP contribution in [-0.2, 0) is 26.2 Å². The average molecular weight is 621 g/mol. The van der Waals surface area contributed by atoms with Crippen LogP contribution in [0.25, 0.3) is 0 Å². The quantitative estimate of drug-likeness (QED) is 0.305. The van der Waals surface area contributed by atoms with E-state index in [1.807, 2.05) is 31.2 Å². The molecule has 1 N–H and O–H groups in total. The third-order valence-electron chi connectivity index (χ3n) is 6.05. The van der Waals surface area contributed by atoms with Crippen molar-refractivity contribution >= 4 is 55.1 Å². The first-order chi connectivity index (χ1) is 18.0. The molecular weight excluding hydrogens is 590 g/mol. The van der Waals surface area contributed by atoms with E-state index in [1.165, 1.54) is 29.2 Å². The molecule has 0 aliphatic heterocycles. The van der Waals surface area contributed by atoms with Gasteiger partial charge in [-0.25, -0.2) is 8.42 Å². The number of rotatable bonds is 11. The Labute approximate surface area is 238 Å². The van der Waals surface area contributed by atoms with Gasteiger partial charge in [-0.05, 0) is 73.9 Å². The number of hydrogen-bond donors (Lipinski definition) is 1. The Morgan fingerprint density at radius 2 is 1.63 bits per heavy atom. The molecule has 0 saturated heterocycles. The predicted molar refractivity (Wildman–Crippen MR) is 155 cm³/mol. The van der Waals surface area contributed by atoms with Gasteiger partial charge >= 0.3 is 0 Å². The topological polar surface area (TPSA) is 86.8 Å². The van der Waals surface area contributed by atoms with Crippen molar-refractivity contribution in [2.75, 3.05) is 17.4 Å². The van der Waals surface area contributed by atoms with E-state index in [9.17, 15) is 18.0 Å². The van der Waals surface area contributed by atoms with Crippen LogP contribution >= 0.6 is 27.5 Å². The van der Waals surface area contributed by atoms with Crippen LogP contribution < -0.4 is 9.62 Å². The maximum atomic E-state index is 13.9. The maximum absolute atomic E-state index is 13.9. The molecule has 0 saturated carbocycles. The van der Waals surface area contributed by atoms with Crippen molar-refractivity contribution in [1.29, 1.82) is 0 Å². The fraction of sp³-hybridized carbons (Fsp3) is 0.286. The molecule has 0 fully saturated rings. The van der Waals surface area contributed by atoms with Crippen LogP contribution in [0.4, 0.5) is 5.69 Å². The maximum Gasteiger partial charge on any atom is 0.264 e. The lowest BCUT2D eigenvalue weighted by Crippen LogP contribution is -2.51. The van der Waals surface area contributed by atoms with Crippen LogP contribution in [0.3, 0.4) is 0 Å². The minimum atomic E-state index is -4.14. The summed E-state index contributed by atoms with van der Waals surface area (Å²) in [5.74, 6) is -0.812. The Bertz CT molecular complexity index is 1370. The van der Waals surface area contributed by atoms with Crippen molar-refractivity contribution in [2.24, 2.45) is 0 Å². The van der Waals surface area contributed by atoms with E-state index in [0.29, 0.717) is 22.8 Å². The number of hydrogen-bond acceptors (Lipinski definition) is 4. The molecule has 0 heterocycles. The zero-order valence-electron chi connectivity index (χ0n) is 21.5. The summed E-state index contributed by atoms with van der Waals surface area (Å²) in [5.41, 5.74) is 1.87. The van der Waals surface area contributed by atoms with Gasteiger partial charge in [-0.2, -0.15) is 0 Å². The summed E-state index contributed by atoms with van der Waals surface area (Å²) in [4.78, 5) is 28.2. The van der Waals surface area contributed by atoms with Crippen LogP contribution in [-0.4, -0.2) is 44.3 Å². The molecule has 0 unspecified atom stereocenters. The van der Waals surface area contributed by atoms with Gasteiger partial charge in [0.25, 0.3) is 10.0 Å². The SMILES string of the molecule is CCCNC(=O)[C@H](C)N(Cc1ccc(Br)cc1)C(=O)CN(c1ccccc1C)S(=O)(=O)c1ccc(Cl)cc1. The molecule has 0 aliphatic carbocycles. The zero-order valence-corrected chi connectivity index (χ0v) is 24.7. The Morgan fingerprint density at radius 3 is 2.24 bits per heavy atom. The fourth-order valence-corrected chi connectivity index (χ4v) is 5.72. The molecule has 38 heavy (non-hydrogen) atoms. The molecule has 2 amide bonds. The van der Waals surface area contributed by atoms with Crippen LogP contribution in [0.5, 0.6) is 0 Å². The normalized spacial score (nSPS) is 12.0. The van der Waals surface area contributed by atoms with Gasteiger partial charge in [0.15, 0.2) is 0 Å². The van der Waals surface area contributed by atoms with Gasteiger partial charge in [0.05, 0.1) is 10.6 Å². The Kier molecular flexibility index (Phi) is 10.4. The van der Waals surface area contributed by atoms with Gasteiger partial charge in [0.2, 0.25) is 11.8 Å². The number of halogens is 2. The van der Waals surface area contributed by atoms with Gasteiger partial charge in [-0.15, -0.1) is 0 Å². The van der Waals surface area contributed by atoms with Gasteiger partial charge in [-0.3, -0.25) is 13.9 Å². The van der Waals surface area contributed by atoms with E-state index in [1.54, 1.807) is 38.1 Å². The summed E-state index contributed by atoms with van der Waals surface area (Å²) in [5, 5.41) is 3.23. The van der Waals surface area contributed by atoms with Crippen molar-refractivity contribution in [3.8, 4) is 0 Å². The molecule has 202 valence electrons. The molecule has 3 aromatic rings. The first-order valence-electron chi connectivity index (χ1n) is 12.2. The lowest BCUT2D eigenvalue weighted by atomic mass is 10.1. The van der Waals surface area contributed by atoms with Crippen molar-refractivity contribution in [1.82, 2.24) is 10.2 Å². The Morgan fingerprint density at radius 1 is 1.00 bits per heavy atom. The van der Waals surface area contributed by atoms with Gasteiger partial charge in [0.1, 0.15) is 12.6 Å². The second-order valence-electron chi connectivity index (χ2n) is 8.87. The third-order valence-corrected chi connectivity index (χ3v) is 8.60. The van der Waals surface area contributed by atoms with E-state index in [4.69, 9.17) is 11.6 Å². The molecule has 10 heteroatoms. The monoisotopic (exact) mass is 619 g/mol. The highest BCUT2D eigenvalue weighted by Gasteiger charge is 2.33. The first-order valence-corrected chi connectivity index (χ1v) is 14.8. The van der Waals surface area contributed by atoms with E-state index in [-0.39, 0.29) is 17.3 Å². The number of carbonyl (C=O) groups is 2. The predicted octanol–water partition coefficient (Wildman–Crippen LogP) is 5.55. The lowest BCUT2D eigenvalue weighted by Gasteiger charge is -2.32. The van der Waals surface area contributed by atoms with Crippen LogP contribution in [0.1, 0.15) is 31.4 Å². The van der Waals surface area contributed by atoms with Gasteiger partial charge in [-0.1, -0.05) is 64.8 Å². The molecule has 3 aromatic carbocycles. The number of carbonyl (C=O) groups excluding carboxylic acids is 2. The number of para-hydroxylation sites is 1. The molecule has 0 radical (unpaired) electrons.